The van der Waals surface area contributed by atoms with Crippen molar-refractivity contribution in [3.05, 3.63) is 47.7 Å². The highest BCUT2D eigenvalue weighted by Crippen LogP contribution is 2.23. The van der Waals surface area contributed by atoms with E-state index in [0.29, 0.717) is 0 Å². The molecule has 0 spiro atoms. The summed E-state index contributed by atoms with van der Waals surface area (Å²) >= 11 is 0. The fourth-order valence-electron chi connectivity index (χ4n) is 4.00. The van der Waals surface area contributed by atoms with Crippen LogP contribution in [0.4, 0.5) is 0 Å². The Morgan fingerprint density at radius 3 is 2.81 bits per heavy atom. The summed E-state index contributed by atoms with van der Waals surface area (Å²) in [6.07, 6.45) is 2.68. The average molecular weight is 368 g/mol. The molecular formula is C22H28N2O3. The Morgan fingerprint density at radius 2 is 2.04 bits per heavy atom. The average Bonchev–Trinajstić information content (AvgIpc) is 3.31. The monoisotopic (exact) mass is 368 g/mol. The molecule has 5 nitrogen and oxygen atoms in total. The number of nitrogens with zero attached hydrogens (tertiary/aromatic N) is 2. The maximum Gasteiger partial charge on any atom is 0.251 e. The molecule has 1 atom stereocenters. The molecule has 0 radical (unpaired) electrons. The van der Waals surface area contributed by atoms with Crippen molar-refractivity contribution in [1.82, 2.24) is 9.80 Å². The van der Waals surface area contributed by atoms with Crippen LogP contribution < -0.4 is 0 Å². The first-order valence-corrected chi connectivity index (χ1v) is 9.97. The first-order valence-electron chi connectivity index (χ1n) is 9.97. The molecule has 0 N–H and O–H groups in total. The molecule has 2 aliphatic heterocycles. The van der Waals surface area contributed by atoms with Crippen molar-refractivity contribution in [2.45, 2.75) is 38.8 Å². The zero-order valence-electron chi connectivity index (χ0n) is 16.0. The number of carbonyl (C=O) groups excluding carboxylic acids is 1. The summed E-state index contributed by atoms with van der Waals surface area (Å²) in [4.78, 5) is 17.0. The fourth-order valence-corrected chi connectivity index (χ4v) is 4.00. The summed E-state index contributed by atoms with van der Waals surface area (Å²) in [5.41, 5.74) is 2.39. The van der Waals surface area contributed by atoms with Gasteiger partial charge >= 0.3 is 0 Å². The van der Waals surface area contributed by atoms with Crippen LogP contribution in [-0.4, -0.2) is 54.6 Å². The number of hydrogen-bond acceptors (Lipinski definition) is 4. The fraction of sp³-hybridized carbons (Fsp3) is 0.500. The van der Waals surface area contributed by atoms with E-state index in [0.717, 1.165) is 75.7 Å². The van der Waals surface area contributed by atoms with Crippen LogP contribution in [0, 0.1) is 6.92 Å². The van der Waals surface area contributed by atoms with Crippen molar-refractivity contribution in [3.63, 3.8) is 0 Å². The first kappa shape index (κ1) is 18.3. The van der Waals surface area contributed by atoms with Gasteiger partial charge in [-0.15, -0.1) is 0 Å². The highest BCUT2D eigenvalue weighted by molar-refractivity contribution is 5.81. The van der Waals surface area contributed by atoms with Gasteiger partial charge in [-0.1, -0.05) is 18.2 Å². The smallest absolute Gasteiger partial charge is 0.251 e. The number of rotatable bonds is 4. The number of ether oxygens (including phenoxy) is 1. The number of carbonyl (C=O) groups is 1. The van der Waals surface area contributed by atoms with Crippen LogP contribution in [0.3, 0.4) is 0 Å². The molecule has 3 heterocycles. The quantitative estimate of drug-likeness (QED) is 0.829. The Hall–Kier alpha value is -2.11. The minimum Gasteiger partial charge on any atom is -0.461 e. The zero-order chi connectivity index (χ0) is 18.6. The van der Waals surface area contributed by atoms with Crippen molar-refractivity contribution >= 4 is 5.91 Å². The Morgan fingerprint density at radius 1 is 1.11 bits per heavy atom. The Kier molecular flexibility index (Phi) is 5.60. The number of furan rings is 1. The Labute approximate surface area is 160 Å². The van der Waals surface area contributed by atoms with Crippen LogP contribution in [-0.2, 0) is 16.1 Å². The van der Waals surface area contributed by atoms with Crippen molar-refractivity contribution in [2.24, 2.45) is 0 Å². The lowest BCUT2D eigenvalue weighted by Crippen LogP contribution is -2.41. The Bertz CT molecular complexity index is 779. The van der Waals surface area contributed by atoms with E-state index in [4.69, 9.17) is 9.15 Å². The van der Waals surface area contributed by atoms with Crippen LogP contribution in [0.1, 0.15) is 30.6 Å². The van der Waals surface area contributed by atoms with Crippen LogP contribution in [0.15, 0.2) is 40.8 Å². The highest BCUT2D eigenvalue weighted by Gasteiger charge is 2.29. The van der Waals surface area contributed by atoms with Crippen molar-refractivity contribution in [2.75, 3.05) is 32.8 Å². The minimum absolute atomic E-state index is 0.185. The van der Waals surface area contributed by atoms with Crippen LogP contribution in [0.5, 0.6) is 0 Å². The molecule has 2 saturated heterocycles. The molecule has 0 bridgehead atoms. The molecule has 27 heavy (non-hydrogen) atoms. The molecule has 2 aliphatic rings. The first-order chi connectivity index (χ1) is 13.2. The molecule has 1 aromatic heterocycles. The number of aryl methyl sites for hydroxylation is 1. The molecule has 0 unspecified atom stereocenters. The summed E-state index contributed by atoms with van der Waals surface area (Å²) in [6, 6.07) is 12.6. The molecule has 1 aromatic carbocycles. The van der Waals surface area contributed by atoms with Gasteiger partial charge in [-0.3, -0.25) is 9.69 Å². The SMILES string of the molecule is Cc1ccc(-c2cccc(CN3CCCN(C(=O)[C@H]4CCCO4)CC3)c2)o1. The molecule has 5 heteroatoms. The molecule has 0 aliphatic carbocycles. The van der Waals surface area contributed by atoms with Crippen molar-refractivity contribution < 1.29 is 13.9 Å². The standard InChI is InChI=1S/C22H28N2O3/c1-17-8-9-20(27-17)19-6-2-5-18(15-19)16-23-10-4-11-24(13-12-23)22(25)21-7-3-14-26-21/h2,5-6,8-9,15,21H,3-4,7,10-14,16H2,1H3/t21-/m1/s1. The largest absolute Gasteiger partial charge is 0.461 e. The van der Waals surface area contributed by atoms with Gasteiger partial charge in [-0.25, -0.2) is 0 Å². The van der Waals surface area contributed by atoms with Gasteiger partial charge < -0.3 is 14.1 Å². The van der Waals surface area contributed by atoms with Gasteiger partial charge in [0.25, 0.3) is 5.91 Å². The summed E-state index contributed by atoms with van der Waals surface area (Å²) in [5.74, 6) is 2.03. The number of benzene rings is 1. The van der Waals surface area contributed by atoms with E-state index < -0.39 is 0 Å². The predicted molar refractivity (Wildman–Crippen MR) is 104 cm³/mol. The molecular weight excluding hydrogens is 340 g/mol. The van der Waals surface area contributed by atoms with Gasteiger partial charge in [0.05, 0.1) is 0 Å². The second-order valence-corrected chi connectivity index (χ2v) is 7.57. The maximum atomic E-state index is 12.6. The van der Waals surface area contributed by atoms with E-state index in [2.05, 4.69) is 29.2 Å². The minimum atomic E-state index is -0.204. The number of amides is 1. The van der Waals surface area contributed by atoms with Gasteiger partial charge in [-0.2, -0.15) is 0 Å². The maximum absolute atomic E-state index is 12.6. The summed E-state index contributed by atoms with van der Waals surface area (Å²) in [5, 5.41) is 0. The van der Waals surface area contributed by atoms with Gasteiger partial charge in [0, 0.05) is 44.9 Å². The lowest BCUT2D eigenvalue weighted by atomic mass is 10.1. The van der Waals surface area contributed by atoms with E-state index in [1.807, 2.05) is 24.0 Å². The highest BCUT2D eigenvalue weighted by atomic mass is 16.5. The lowest BCUT2D eigenvalue weighted by Gasteiger charge is -2.24. The normalized spacial score (nSPS) is 21.4. The van der Waals surface area contributed by atoms with Crippen LogP contribution in [0.25, 0.3) is 11.3 Å². The van der Waals surface area contributed by atoms with Crippen molar-refractivity contribution in [3.8, 4) is 11.3 Å². The summed E-state index contributed by atoms with van der Waals surface area (Å²) in [6.45, 7) is 7.13. The Balaban J connectivity index is 1.37. The third kappa shape index (κ3) is 4.42. The second-order valence-electron chi connectivity index (χ2n) is 7.57. The van der Waals surface area contributed by atoms with Crippen molar-refractivity contribution in [1.29, 1.82) is 0 Å². The molecule has 2 fully saturated rings. The molecule has 4 rings (SSSR count). The lowest BCUT2D eigenvalue weighted by molar-refractivity contribution is -0.140. The van der Waals surface area contributed by atoms with E-state index in [1.165, 1.54) is 5.56 Å². The van der Waals surface area contributed by atoms with E-state index >= 15 is 0 Å². The third-order valence-corrected chi connectivity index (χ3v) is 5.46. The molecule has 1 amide bonds. The third-order valence-electron chi connectivity index (χ3n) is 5.46. The number of hydrogen-bond donors (Lipinski definition) is 0. The van der Waals surface area contributed by atoms with Gasteiger partial charge in [0.2, 0.25) is 0 Å². The summed E-state index contributed by atoms with van der Waals surface area (Å²) < 4.78 is 11.3. The van der Waals surface area contributed by atoms with Gasteiger partial charge in [0.15, 0.2) is 0 Å². The predicted octanol–water partition coefficient (Wildman–Crippen LogP) is 3.47. The van der Waals surface area contributed by atoms with E-state index in [9.17, 15) is 4.79 Å². The van der Waals surface area contributed by atoms with E-state index in [-0.39, 0.29) is 12.0 Å². The van der Waals surface area contributed by atoms with Crippen LogP contribution in [0.2, 0.25) is 0 Å². The van der Waals surface area contributed by atoms with E-state index in [1.54, 1.807) is 0 Å². The molecule has 0 saturated carbocycles. The second kappa shape index (κ2) is 8.28. The molecule has 2 aromatic rings. The van der Waals surface area contributed by atoms with Gasteiger partial charge in [0.1, 0.15) is 17.6 Å². The zero-order valence-corrected chi connectivity index (χ0v) is 16.0. The van der Waals surface area contributed by atoms with Gasteiger partial charge in [-0.05, 0) is 49.9 Å². The molecule has 144 valence electrons. The topological polar surface area (TPSA) is 45.9 Å². The summed E-state index contributed by atoms with van der Waals surface area (Å²) in [7, 11) is 0. The van der Waals surface area contributed by atoms with Crippen LogP contribution >= 0.6 is 0 Å².